The average Bonchev–Trinajstić information content (AvgIpc) is 2.93. The Balaban J connectivity index is 1.59. The molecule has 0 bridgehead atoms. The summed E-state index contributed by atoms with van der Waals surface area (Å²) in [5.41, 5.74) is 2.64. The van der Waals surface area contributed by atoms with Crippen LogP contribution in [0.15, 0.2) is 72.8 Å². The van der Waals surface area contributed by atoms with Crippen molar-refractivity contribution in [2.45, 2.75) is 18.9 Å². The number of aliphatic hydroxyl groups is 1. The summed E-state index contributed by atoms with van der Waals surface area (Å²) in [6.45, 7) is 1.88. The molecule has 2 N–H and O–H groups in total. The van der Waals surface area contributed by atoms with Gasteiger partial charge in [-0.1, -0.05) is 72.3 Å². The van der Waals surface area contributed by atoms with E-state index in [1.165, 1.54) is 0 Å². The lowest BCUT2D eigenvalue weighted by Gasteiger charge is -2.20. The fraction of sp³-hybridized carbons (Fsp3) is 0.130. The number of carbonyl (C=O) groups is 2. The van der Waals surface area contributed by atoms with Gasteiger partial charge in [-0.25, -0.2) is 0 Å². The minimum absolute atomic E-state index is 0.276. The number of rotatable bonds is 4. The van der Waals surface area contributed by atoms with Crippen molar-refractivity contribution >= 4 is 17.4 Å². The first-order valence-corrected chi connectivity index (χ1v) is 8.81. The van der Waals surface area contributed by atoms with E-state index in [9.17, 15) is 14.7 Å². The molecule has 1 aliphatic heterocycles. The van der Waals surface area contributed by atoms with E-state index in [4.69, 9.17) is 0 Å². The van der Waals surface area contributed by atoms with Crippen molar-refractivity contribution in [1.29, 1.82) is 0 Å². The Morgan fingerprint density at radius 1 is 0.963 bits per heavy atom. The summed E-state index contributed by atoms with van der Waals surface area (Å²) < 4.78 is 0. The zero-order valence-electron chi connectivity index (χ0n) is 14.9. The van der Waals surface area contributed by atoms with E-state index in [1.54, 1.807) is 24.3 Å². The molecule has 0 radical (unpaired) electrons. The molecule has 1 aliphatic rings. The maximum absolute atomic E-state index is 12.8. The molecule has 1 heterocycles. The number of aryl methyl sites for hydroxylation is 1. The van der Waals surface area contributed by atoms with Gasteiger partial charge in [-0.15, -0.1) is 0 Å². The number of anilines is 1. The van der Waals surface area contributed by atoms with E-state index >= 15 is 0 Å². The van der Waals surface area contributed by atoms with E-state index in [1.807, 2.05) is 55.5 Å². The third-order valence-corrected chi connectivity index (χ3v) is 4.97. The first-order valence-electron chi connectivity index (χ1n) is 8.81. The molecule has 0 aliphatic carbocycles. The van der Waals surface area contributed by atoms with Crippen molar-refractivity contribution in [3.8, 4) is 11.1 Å². The summed E-state index contributed by atoms with van der Waals surface area (Å²) in [5.74, 6) is -0.834. The topological polar surface area (TPSA) is 66.4 Å². The van der Waals surface area contributed by atoms with Crippen molar-refractivity contribution in [3.63, 3.8) is 0 Å². The second-order valence-electron chi connectivity index (χ2n) is 6.91. The molecule has 134 valence electrons. The number of hydrogen-bond donors (Lipinski definition) is 2. The molecule has 0 saturated heterocycles. The molecule has 3 aromatic rings. The standard InChI is InChI=1S/C23H19NO3/c1-15-7-12-20-19(13-15)23(27,22(26)24-20)14-21(25)18-10-8-17(9-11-18)16-5-3-2-4-6-16/h2-13,27H,14H2,1H3,(H,24,26). The predicted molar refractivity (Wildman–Crippen MR) is 105 cm³/mol. The molecule has 3 aromatic carbocycles. The van der Waals surface area contributed by atoms with Gasteiger partial charge in [0.2, 0.25) is 0 Å². The monoisotopic (exact) mass is 357 g/mol. The van der Waals surface area contributed by atoms with Crippen molar-refractivity contribution in [2.24, 2.45) is 0 Å². The lowest BCUT2D eigenvalue weighted by atomic mass is 9.87. The van der Waals surface area contributed by atoms with Crippen LogP contribution in [0.2, 0.25) is 0 Å². The first-order chi connectivity index (χ1) is 13.0. The lowest BCUT2D eigenvalue weighted by molar-refractivity contribution is -0.133. The van der Waals surface area contributed by atoms with Crippen LogP contribution < -0.4 is 5.32 Å². The molecule has 4 nitrogen and oxygen atoms in total. The first kappa shape index (κ1) is 17.2. The third kappa shape index (κ3) is 3.04. The highest BCUT2D eigenvalue weighted by molar-refractivity contribution is 6.09. The van der Waals surface area contributed by atoms with Gasteiger partial charge in [0.25, 0.3) is 5.91 Å². The van der Waals surface area contributed by atoms with Crippen LogP contribution in [0.3, 0.4) is 0 Å². The number of ketones is 1. The largest absolute Gasteiger partial charge is 0.375 e. The smallest absolute Gasteiger partial charge is 0.261 e. The molecule has 1 unspecified atom stereocenters. The fourth-order valence-corrected chi connectivity index (χ4v) is 3.45. The molecule has 4 rings (SSSR count). The molecule has 0 fully saturated rings. The highest BCUT2D eigenvalue weighted by atomic mass is 16.3. The number of fused-ring (bicyclic) bond motifs is 1. The second kappa shape index (κ2) is 6.49. The molecule has 0 spiro atoms. The highest BCUT2D eigenvalue weighted by Gasteiger charge is 2.46. The summed E-state index contributed by atoms with van der Waals surface area (Å²) in [6, 6.07) is 22.4. The minimum atomic E-state index is -1.84. The van der Waals surface area contributed by atoms with Crippen molar-refractivity contribution in [1.82, 2.24) is 0 Å². The van der Waals surface area contributed by atoms with Gasteiger partial charge in [-0.2, -0.15) is 0 Å². The SMILES string of the molecule is Cc1ccc2c(c1)C(O)(CC(=O)c1ccc(-c3ccccc3)cc1)C(=O)N2. The number of carbonyl (C=O) groups excluding carboxylic acids is 2. The lowest BCUT2D eigenvalue weighted by Crippen LogP contribution is -2.36. The van der Waals surface area contributed by atoms with E-state index < -0.39 is 11.5 Å². The molecule has 1 atom stereocenters. The molecule has 1 amide bonds. The van der Waals surface area contributed by atoms with Crippen molar-refractivity contribution in [2.75, 3.05) is 5.32 Å². The molecule has 0 saturated carbocycles. The van der Waals surface area contributed by atoms with Gasteiger partial charge in [0.05, 0.1) is 6.42 Å². The van der Waals surface area contributed by atoms with Gasteiger partial charge in [-0.3, -0.25) is 9.59 Å². The van der Waals surface area contributed by atoms with Gasteiger partial charge in [0, 0.05) is 16.8 Å². The van der Waals surface area contributed by atoms with Crippen molar-refractivity contribution in [3.05, 3.63) is 89.5 Å². The Labute approximate surface area is 157 Å². The Kier molecular flexibility index (Phi) is 4.13. The maximum atomic E-state index is 12.8. The number of hydrogen-bond acceptors (Lipinski definition) is 3. The number of Topliss-reactive ketones (excluding diaryl/α,β-unsaturated/α-hetero) is 1. The summed E-state index contributed by atoms with van der Waals surface area (Å²) >= 11 is 0. The molecular formula is C23H19NO3. The fourth-order valence-electron chi connectivity index (χ4n) is 3.45. The van der Waals surface area contributed by atoms with Gasteiger partial charge in [0.1, 0.15) is 0 Å². The Hall–Kier alpha value is -3.24. The van der Waals surface area contributed by atoms with Gasteiger partial charge in [-0.05, 0) is 24.1 Å². The minimum Gasteiger partial charge on any atom is -0.375 e. The summed E-state index contributed by atoms with van der Waals surface area (Å²) in [6.07, 6.45) is -0.292. The summed E-state index contributed by atoms with van der Waals surface area (Å²) in [5, 5.41) is 13.6. The van der Waals surface area contributed by atoms with Crippen LogP contribution >= 0.6 is 0 Å². The zero-order valence-corrected chi connectivity index (χ0v) is 14.9. The molecule has 0 aromatic heterocycles. The van der Waals surface area contributed by atoms with Crippen LogP contribution in [0.4, 0.5) is 5.69 Å². The van der Waals surface area contributed by atoms with Crippen LogP contribution in [0.1, 0.15) is 27.9 Å². The summed E-state index contributed by atoms with van der Waals surface area (Å²) in [7, 11) is 0. The van der Waals surface area contributed by atoms with E-state index in [0.717, 1.165) is 16.7 Å². The van der Waals surface area contributed by atoms with Gasteiger partial charge in [0.15, 0.2) is 11.4 Å². The Bertz CT molecular complexity index is 1030. The second-order valence-corrected chi connectivity index (χ2v) is 6.91. The highest BCUT2D eigenvalue weighted by Crippen LogP contribution is 2.39. The Morgan fingerprint density at radius 2 is 1.63 bits per heavy atom. The van der Waals surface area contributed by atoms with E-state index in [0.29, 0.717) is 16.8 Å². The van der Waals surface area contributed by atoms with Crippen LogP contribution in [0.25, 0.3) is 11.1 Å². The van der Waals surface area contributed by atoms with E-state index in [-0.39, 0.29) is 12.2 Å². The predicted octanol–water partition coefficient (Wildman–Crippen LogP) is 4.07. The third-order valence-electron chi connectivity index (χ3n) is 4.97. The van der Waals surface area contributed by atoms with Gasteiger partial charge >= 0.3 is 0 Å². The zero-order chi connectivity index (χ0) is 19.0. The van der Waals surface area contributed by atoms with Crippen LogP contribution in [0, 0.1) is 6.92 Å². The Morgan fingerprint density at radius 3 is 2.33 bits per heavy atom. The van der Waals surface area contributed by atoms with Gasteiger partial charge < -0.3 is 10.4 Å². The van der Waals surface area contributed by atoms with Crippen LogP contribution in [-0.4, -0.2) is 16.8 Å². The number of nitrogens with one attached hydrogen (secondary N) is 1. The normalized spacial score (nSPS) is 18.1. The van der Waals surface area contributed by atoms with E-state index in [2.05, 4.69) is 5.32 Å². The molecular weight excluding hydrogens is 338 g/mol. The quantitative estimate of drug-likeness (QED) is 0.692. The van der Waals surface area contributed by atoms with Crippen LogP contribution in [-0.2, 0) is 10.4 Å². The van der Waals surface area contributed by atoms with Crippen LogP contribution in [0.5, 0.6) is 0 Å². The molecule has 4 heteroatoms. The molecule has 27 heavy (non-hydrogen) atoms. The number of amides is 1. The average molecular weight is 357 g/mol. The number of benzene rings is 3. The van der Waals surface area contributed by atoms with Crippen molar-refractivity contribution < 1.29 is 14.7 Å². The maximum Gasteiger partial charge on any atom is 0.261 e. The summed E-state index contributed by atoms with van der Waals surface area (Å²) in [4.78, 5) is 25.1.